The monoisotopic (exact) mass is 310 g/mol. The number of ether oxygens (including phenoxy) is 1. The second kappa shape index (κ2) is 7.73. The molecule has 1 atom stereocenters. The predicted molar refractivity (Wildman–Crippen MR) is 90.8 cm³/mol. The highest BCUT2D eigenvalue weighted by Crippen LogP contribution is 2.15. The van der Waals surface area contributed by atoms with Gasteiger partial charge in [0.15, 0.2) is 0 Å². The van der Waals surface area contributed by atoms with Gasteiger partial charge in [0.2, 0.25) is 0 Å². The van der Waals surface area contributed by atoms with Gasteiger partial charge in [-0.2, -0.15) is 0 Å². The minimum absolute atomic E-state index is 0.209. The van der Waals surface area contributed by atoms with Gasteiger partial charge in [-0.1, -0.05) is 45.1 Å². The first-order chi connectivity index (χ1) is 9.67. The van der Waals surface area contributed by atoms with Crippen molar-refractivity contribution in [2.45, 2.75) is 26.9 Å². The number of benzene rings is 1. The number of hydrogen-bond donors (Lipinski definition) is 2. The summed E-state index contributed by atoms with van der Waals surface area (Å²) < 4.78 is 5.60. The van der Waals surface area contributed by atoms with Crippen LogP contribution in [0, 0.1) is 5.41 Å². The zero-order valence-electron chi connectivity index (χ0n) is 13.3. The van der Waals surface area contributed by atoms with Crippen molar-refractivity contribution in [3.05, 3.63) is 29.8 Å². The van der Waals surface area contributed by atoms with Crippen molar-refractivity contribution in [2.75, 3.05) is 26.7 Å². The van der Waals surface area contributed by atoms with E-state index in [-0.39, 0.29) is 12.0 Å². The normalized spacial score (nSPS) is 13.2. The Morgan fingerprint density at radius 3 is 2.67 bits per heavy atom. The Morgan fingerprint density at radius 1 is 1.43 bits per heavy atom. The van der Waals surface area contributed by atoms with Crippen LogP contribution in [-0.4, -0.2) is 47.8 Å². The largest absolute Gasteiger partial charge is 0.491 e. The molecule has 0 amide bonds. The molecule has 4 nitrogen and oxygen atoms in total. The molecule has 0 spiro atoms. The van der Waals surface area contributed by atoms with Gasteiger partial charge in [-0.15, -0.1) is 0 Å². The van der Waals surface area contributed by atoms with E-state index in [1.54, 1.807) is 6.07 Å². The maximum Gasteiger partial charge on any atom is 0.120 e. The fourth-order valence-electron chi connectivity index (χ4n) is 2.22. The first kappa shape index (κ1) is 17.9. The van der Waals surface area contributed by atoms with Crippen LogP contribution in [0.3, 0.4) is 0 Å². The van der Waals surface area contributed by atoms with E-state index in [1.165, 1.54) is 0 Å². The molecule has 0 aliphatic heterocycles. The maximum absolute atomic E-state index is 10.0. The van der Waals surface area contributed by atoms with E-state index in [0.717, 1.165) is 12.1 Å². The van der Waals surface area contributed by atoms with Gasteiger partial charge in [0, 0.05) is 18.7 Å². The summed E-state index contributed by atoms with van der Waals surface area (Å²) in [5.41, 5.74) is 6.56. The summed E-state index contributed by atoms with van der Waals surface area (Å²) in [6.45, 7) is 8.26. The number of nitrogens with zero attached hydrogens (tertiary/aromatic N) is 1. The van der Waals surface area contributed by atoms with Crippen LogP contribution in [0.5, 0.6) is 5.75 Å². The Labute approximate surface area is 132 Å². The molecule has 0 bridgehead atoms. The topological polar surface area (TPSA) is 58.7 Å². The number of rotatable bonds is 7. The van der Waals surface area contributed by atoms with Crippen molar-refractivity contribution in [1.82, 2.24) is 4.90 Å². The van der Waals surface area contributed by atoms with Gasteiger partial charge in [0.05, 0.1) is 0 Å². The van der Waals surface area contributed by atoms with E-state index in [0.29, 0.717) is 17.3 Å². The van der Waals surface area contributed by atoms with Crippen molar-refractivity contribution >= 4 is 17.2 Å². The number of hydrogen-bond acceptors (Lipinski definition) is 4. The predicted octanol–water partition coefficient (Wildman–Crippen LogP) is 2.04. The lowest BCUT2D eigenvalue weighted by Gasteiger charge is -2.28. The van der Waals surface area contributed by atoms with Crippen LogP contribution < -0.4 is 10.5 Å². The molecule has 21 heavy (non-hydrogen) atoms. The van der Waals surface area contributed by atoms with Crippen LogP contribution in [0.1, 0.15) is 26.3 Å². The van der Waals surface area contributed by atoms with Crippen LogP contribution in [0.25, 0.3) is 0 Å². The molecule has 1 unspecified atom stereocenters. The van der Waals surface area contributed by atoms with Crippen LogP contribution in [0.4, 0.5) is 0 Å². The molecule has 1 aromatic carbocycles. The van der Waals surface area contributed by atoms with Crippen LogP contribution in [0.15, 0.2) is 24.3 Å². The Bertz CT molecular complexity index is 472. The number of aliphatic hydroxyl groups excluding tert-OH is 1. The van der Waals surface area contributed by atoms with Crippen molar-refractivity contribution in [2.24, 2.45) is 11.1 Å². The van der Waals surface area contributed by atoms with Crippen molar-refractivity contribution in [1.29, 1.82) is 0 Å². The van der Waals surface area contributed by atoms with Gasteiger partial charge in [0.1, 0.15) is 23.4 Å². The Hall–Kier alpha value is -1.17. The third kappa shape index (κ3) is 7.41. The lowest BCUT2D eigenvalue weighted by Crippen LogP contribution is -2.37. The summed E-state index contributed by atoms with van der Waals surface area (Å²) in [4.78, 5) is 2.45. The fourth-order valence-corrected chi connectivity index (χ4v) is 2.35. The SMILES string of the molecule is CN(CC(O)COc1cccc(C(N)=S)c1)CC(C)(C)C. The molecule has 0 radical (unpaired) electrons. The molecule has 0 fully saturated rings. The highest BCUT2D eigenvalue weighted by atomic mass is 32.1. The summed E-state index contributed by atoms with van der Waals surface area (Å²) in [6.07, 6.45) is -0.536. The molecule has 118 valence electrons. The van der Waals surface area contributed by atoms with Crippen molar-refractivity contribution in [3.63, 3.8) is 0 Å². The highest BCUT2D eigenvalue weighted by molar-refractivity contribution is 7.80. The summed E-state index contributed by atoms with van der Waals surface area (Å²) in [7, 11) is 2.00. The molecular formula is C16H26N2O2S. The molecule has 0 heterocycles. The molecule has 1 rings (SSSR count). The van der Waals surface area contributed by atoms with Gasteiger partial charge in [-0.25, -0.2) is 0 Å². The highest BCUT2D eigenvalue weighted by Gasteiger charge is 2.16. The molecule has 0 aromatic heterocycles. The first-order valence-corrected chi connectivity index (χ1v) is 7.47. The number of nitrogens with two attached hydrogens (primary N) is 1. The smallest absolute Gasteiger partial charge is 0.120 e. The zero-order valence-corrected chi connectivity index (χ0v) is 14.1. The van der Waals surface area contributed by atoms with Gasteiger partial charge < -0.3 is 20.5 Å². The van der Waals surface area contributed by atoms with E-state index in [1.807, 2.05) is 25.2 Å². The summed E-state index contributed by atoms with van der Waals surface area (Å²) in [5.74, 6) is 0.665. The lowest BCUT2D eigenvalue weighted by atomic mass is 9.96. The molecular weight excluding hydrogens is 284 g/mol. The molecule has 0 saturated carbocycles. The average Bonchev–Trinajstić information content (AvgIpc) is 2.34. The van der Waals surface area contributed by atoms with E-state index < -0.39 is 6.10 Å². The summed E-state index contributed by atoms with van der Waals surface area (Å²) in [5, 5.41) is 10.0. The quantitative estimate of drug-likeness (QED) is 0.755. The summed E-state index contributed by atoms with van der Waals surface area (Å²) in [6, 6.07) is 7.28. The minimum atomic E-state index is -0.536. The van der Waals surface area contributed by atoms with E-state index in [2.05, 4.69) is 25.7 Å². The Kier molecular flexibility index (Phi) is 6.58. The third-order valence-electron chi connectivity index (χ3n) is 2.83. The number of aliphatic hydroxyl groups is 1. The molecule has 0 aliphatic carbocycles. The van der Waals surface area contributed by atoms with Gasteiger partial charge in [-0.05, 0) is 24.6 Å². The standard InChI is InChI=1S/C16H26N2O2S/c1-16(2,3)11-18(4)9-13(19)10-20-14-7-5-6-12(8-14)15(17)21/h5-8,13,19H,9-11H2,1-4H3,(H2,17,21). The molecule has 0 saturated heterocycles. The minimum Gasteiger partial charge on any atom is -0.491 e. The summed E-state index contributed by atoms with van der Waals surface area (Å²) >= 11 is 4.93. The van der Waals surface area contributed by atoms with Gasteiger partial charge in [0.25, 0.3) is 0 Å². The Balaban J connectivity index is 2.44. The molecule has 3 N–H and O–H groups in total. The van der Waals surface area contributed by atoms with Gasteiger partial charge >= 0.3 is 0 Å². The molecule has 0 aliphatic rings. The van der Waals surface area contributed by atoms with Crippen molar-refractivity contribution in [3.8, 4) is 5.75 Å². The average molecular weight is 310 g/mol. The fraction of sp³-hybridized carbons (Fsp3) is 0.562. The zero-order chi connectivity index (χ0) is 16.0. The maximum atomic E-state index is 10.0. The number of likely N-dealkylation sites (N-methyl/N-ethyl adjacent to an activating group) is 1. The van der Waals surface area contributed by atoms with Crippen LogP contribution >= 0.6 is 12.2 Å². The Morgan fingerprint density at radius 2 is 2.10 bits per heavy atom. The van der Waals surface area contributed by atoms with Crippen molar-refractivity contribution < 1.29 is 9.84 Å². The van der Waals surface area contributed by atoms with E-state index >= 15 is 0 Å². The molecule has 5 heteroatoms. The van der Waals surface area contributed by atoms with Gasteiger partial charge in [-0.3, -0.25) is 0 Å². The third-order valence-corrected chi connectivity index (χ3v) is 3.06. The first-order valence-electron chi connectivity index (χ1n) is 7.06. The second-order valence-electron chi connectivity index (χ2n) is 6.61. The van der Waals surface area contributed by atoms with Crippen LogP contribution in [0.2, 0.25) is 0 Å². The van der Waals surface area contributed by atoms with E-state index in [9.17, 15) is 5.11 Å². The molecule has 1 aromatic rings. The second-order valence-corrected chi connectivity index (χ2v) is 7.05. The lowest BCUT2D eigenvalue weighted by molar-refractivity contribution is 0.0667. The van der Waals surface area contributed by atoms with Crippen LogP contribution in [-0.2, 0) is 0 Å². The van der Waals surface area contributed by atoms with E-state index in [4.69, 9.17) is 22.7 Å². The number of thiocarbonyl (C=S) groups is 1.